The predicted molar refractivity (Wildman–Crippen MR) is 130 cm³/mol. The number of methoxy groups -OCH3 is 1. The Labute approximate surface area is 191 Å². The van der Waals surface area contributed by atoms with Crippen molar-refractivity contribution in [2.75, 3.05) is 13.7 Å². The van der Waals surface area contributed by atoms with Gasteiger partial charge < -0.3 is 13.7 Å². The van der Waals surface area contributed by atoms with Crippen LogP contribution in [0.25, 0.3) is 10.9 Å². The minimum absolute atomic E-state index is 0.158. The number of aromatic nitrogens is 1. The number of nitrogens with zero attached hydrogens (tertiary/aromatic N) is 1. The summed E-state index contributed by atoms with van der Waals surface area (Å²) in [6, 6.07) is 12.4. The summed E-state index contributed by atoms with van der Waals surface area (Å²) in [6.45, 7) is 14.7. The lowest BCUT2D eigenvalue weighted by molar-refractivity contribution is 0.0600. The summed E-state index contributed by atoms with van der Waals surface area (Å²) in [4.78, 5) is 11.7. The van der Waals surface area contributed by atoms with Gasteiger partial charge in [0.1, 0.15) is 5.82 Å². The molecule has 0 atom stereocenters. The lowest BCUT2D eigenvalue weighted by Crippen LogP contribution is -2.41. The van der Waals surface area contributed by atoms with Gasteiger partial charge in [0, 0.05) is 23.1 Å². The molecule has 0 bridgehead atoms. The zero-order chi connectivity index (χ0) is 23.7. The summed E-state index contributed by atoms with van der Waals surface area (Å²) in [5.41, 5.74) is 4.80. The standard InChI is InChI=1S/C26H34FNO3Si/c1-18-22(16-19-8-10-20(11-9-19)25(29)30-5)23-17-21(27)12-13-24(23)28(18)14-15-31-32(6,7)26(2,3)4/h8-13,17H,14-16H2,1-7H3. The molecule has 0 N–H and O–H groups in total. The highest BCUT2D eigenvalue weighted by Gasteiger charge is 2.37. The van der Waals surface area contributed by atoms with Crippen LogP contribution in [0.3, 0.4) is 0 Å². The van der Waals surface area contributed by atoms with E-state index in [1.165, 1.54) is 13.2 Å². The number of esters is 1. The fourth-order valence-corrected chi connectivity index (χ4v) is 4.76. The van der Waals surface area contributed by atoms with Crippen LogP contribution in [-0.2, 0) is 22.1 Å². The Hall–Kier alpha value is -2.44. The normalized spacial score (nSPS) is 12.4. The molecule has 0 saturated carbocycles. The maximum absolute atomic E-state index is 14.1. The van der Waals surface area contributed by atoms with Gasteiger partial charge in [0.15, 0.2) is 8.32 Å². The molecular weight excluding hydrogens is 421 g/mol. The summed E-state index contributed by atoms with van der Waals surface area (Å²) in [7, 11) is -0.463. The van der Waals surface area contributed by atoms with E-state index in [1.54, 1.807) is 18.2 Å². The number of benzene rings is 2. The summed E-state index contributed by atoms with van der Waals surface area (Å²) in [5.74, 6) is -0.595. The van der Waals surface area contributed by atoms with E-state index in [4.69, 9.17) is 9.16 Å². The molecule has 0 saturated heterocycles. The average Bonchev–Trinajstić information content (AvgIpc) is 2.98. The molecular formula is C26H34FNO3Si. The van der Waals surface area contributed by atoms with Crippen LogP contribution in [0, 0.1) is 12.7 Å². The maximum atomic E-state index is 14.1. The molecule has 1 aromatic heterocycles. The molecule has 4 nitrogen and oxygen atoms in total. The monoisotopic (exact) mass is 455 g/mol. The molecule has 3 aromatic rings. The van der Waals surface area contributed by atoms with Crippen molar-refractivity contribution in [3.63, 3.8) is 0 Å². The Morgan fingerprint density at radius 3 is 2.34 bits per heavy atom. The van der Waals surface area contributed by atoms with Crippen molar-refractivity contribution in [2.24, 2.45) is 0 Å². The highest BCUT2D eigenvalue weighted by atomic mass is 28.4. The van der Waals surface area contributed by atoms with Crippen molar-refractivity contribution in [3.05, 3.63) is 70.7 Å². The quantitative estimate of drug-likeness (QED) is 0.302. The first-order chi connectivity index (χ1) is 14.9. The van der Waals surface area contributed by atoms with Crippen molar-refractivity contribution in [1.82, 2.24) is 4.57 Å². The summed E-state index contributed by atoms with van der Waals surface area (Å²) in [6.07, 6.45) is 0.656. The fraction of sp³-hybridized carbons (Fsp3) is 0.423. The molecule has 3 rings (SSSR count). The number of ether oxygens (including phenoxy) is 1. The van der Waals surface area contributed by atoms with Gasteiger partial charge in [-0.25, -0.2) is 9.18 Å². The van der Waals surface area contributed by atoms with E-state index in [0.717, 1.165) is 34.3 Å². The van der Waals surface area contributed by atoms with Gasteiger partial charge in [-0.1, -0.05) is 32.9 Å². The van der Waals surface area contributed by atoms with E-state index in [-0.39, 0.29) is 16.8 Å². The Morgan fingerprint density at radius 1 is 1.09 bits per heavy atom. The Kier molecular flexibility index (Phi) is 6.96. The largest absolute Gasteiger partial charge is 0.465 e. The van der Waals surface area contributed by atoms with Crippen LogP contribution < -0.4 is 0 Å². The van der Waals surface area contributed by atoms with E-state index in [2.05, 4.69) is 45.4 Å². The first-order valence-corrected chi connectivity index (χ1v) is 13.9. The third kappa shape index (κ3) is 4.97. The average molecular weight is 456 g/mol. The Morgan fingerprint density at radius 2 is 1.75 bits per heavy atom. The smallest absolute Gasteiger partial charge is 0.337 e. The molecule has 1 heterocycles. The van der Waals surface area contributed by atoms with Gasteiger partial charge in [-0.2, -0.15) is 0 Å². The summed E-state index contributed by atoms with van der Waals surface area (Å²) >= 11 is 0. The van der Waals surface area contributed by atoms with Gasteiger partial charge in [0.2, 0.25) is 0 Å². The molecule has 32 heavy (non-hydrogen) atoms. The third-order valence-electron chi connectivity index (χ3n) is 6.76. The lowest BCUT2D eigenvalue weighted by atomic mass is 10.0. The van der Waals surface area contributed by atoms with Gasteiger partial charge in [-0.05, 0) is 72.9 Å². The highest BCUT2D eigenvalue weighted by molar-refractivity contribution is 6.74. The molecule has 0 amide bonds. The maximum Gasteiger partial charge on any atom is 0.337 e. The number of hydrogen-bond acceptors (Lipinski definition) is 3. The van der Waals surface area contributed by atoms with Gasteiger partial charge in [-0.3, -0.25) is 0 Å². The lowest BCUT2D eigenvalue weighted by Gasteiger charge is -2.36. The van der Waals surface area contributed by atoms with Gasteiger partial charge in [0.05, 0.1) is 19.3 Å². The van der Waals surface area contributed by atoms with E-state index in [0.29, 0.717) is 18.6 Å². The van der Waals surface area contributed by atoms with Crippen LogP contribution in [0.2, 0.25) is 18.1 Å². The van der Waals surface area contributed by atoms with Crippen LogP contribution in [0.1, 0.15) is 48.0 Å². The van der Waals surface area contributed by atoms with E-state index >= 15 is 0 Å². The second-order valence-electron chi connectivity index (χ2n) is 9.85. The third-order valence-corrected chi connectivity index (χ3v) is 11.3. The zero-order valence-electron chi connectivity index (χ0n) is 20.2. The van der Waals surface area contributed by atoms with Gasteiger partial charge in [0.25, 0.3) is 0 Å². The second kappa shape index (κ2) is 9.20. The van der Waals surface area contributed by atoms with Crippen LogP contribution >= 0.6 is 0 Å². The Balaban J connectivity index is 1.90. The molecule has 0 aliphatic rings. The van der Waals surface area contributed by atoms with Crippen molar-refractivity contribution in [1.29, 1.82) is 0 Å². The van der Waals surface area contributed by atoms with Crippen LogP contribution in [0.15, 0.2) is 42.5 Å². The molecule has 6 heteroatoms. The molecule has 0 unspecified atom stereocenters. The minimum Gasteiger partial charge on any atom is -0.465 e. The predicted octanol–water partition coefficient (Wildman–Crippen LogP) is 6.49. The number of carbonyl (C=O) groups excluding carboxylic acids is 1. The second-order valence-corrected chi connectivity index (χ2v) is 14.7. The SMILES string of the molecule is COC(=O)c1ccc(Cc2c(C)n(CCO[Si](C)(C)C(C)(C)C)c3ccc(F)cc23)cc1. The minimum atomic E-state index is -1.84. The molecule has 0 fully saturated rings. The zero-order valence-corrected chi connectivity index (χ0v) is 21.2. The Bertz CT molecular complexity index is 1110. The fourth-order valence-electron chi connectivity index (χ4n) is 3.72. The molecule has 0 aliphatic carbocycles. The highest BCUT2D eigenvalue weighted by Crippen LogP contribution is 2.36. The first kappa shape index (κ1) is 24.2. The molecule has 0 aliphatic heterocycles. The van der Waals surface area contributed by atoms with E-state index < -0.39 is 8.32 Å². The van der Waals surface area contributed by atoms with Crippen molar-refractivity contribution < 1.29 is 18.3 Å². The van der Waals surface area contributed by atoms with Crippen molar-refractivity contribution >= 4 is 25.2 Å². The van der Waals surface area contributed by atoms with Crippen LogP contribution in [0.4, 0.5) is 4.39 Å². The first-order valence-electron chi connectivity index (χ1n) is 11.0. The van der Waals surface area contributed by atoms with Crippen LogP contribution in [-0.4, -0.2) is 32.6 Å². The molecule has 2 aromatic carbocycles. The van der Waals surface area contributed by atoms with Gasteiger partial charge >= 0.3 is 5.97 Å². The molecule has 0 radical (unpaired) electrons. The van der Waals surface area contributed by atoms with Crippen molar-refractivity contribution in [3.8, 4) is 0 Å². The molecule has 172 valence electrons. The number of carbonyl (C=O) groups is 1. The van der Waals surface area contributed by atoms with E-state index in [1.807, 2.05) is 18.2 Å². The number of hydrogen-bond donors (Lipinski definition) is 0. The van der Waals surface area contributed by atoms with E-state index in [9.17, 15) is 9.18 Å². The van der Waals surface area contributed by atoms with Crippen LogP contribution in [0.5, 0.6) is 0 Å². The summed E-state index contributed by atoms with van der Waals surface area (Å²) < 4.78 is 27.5. The summed E-state index contributed by atoms with van der Waals surface area (Å²) in [5, 5.41) is 1.08. The van der Waals surface area contributed by atoms with Gasteiger partial charge in [-0.15, -0.1) is 0 Å². The van der Waals surface area contributed by atoms with Crippen molar-refractivity contribution in [2.45, 2.75) is 58.8 Å². The number of halogens is 1. The number of fused-ring (bicyclic) bond motifs is 1. The topological polar surface area (TPSA) is 40.5 Å². The number of rotatable bonds is 7. The molecule has 0 spiro atoms.